The van der Waals surface area contributed by atoms with E-state index >= 15 is 0 Å². The van der Waals surface area contributed by atoms with E-state index in [1.54, 1.807) is 6.92 Å². The van der Waals surface area contributed by atoms with Crippen LogP contribution in [0.4, 0.5) is 14.5 Å². The van der Waals surface area contributed by atoms with Crippen molar-refractivity contribution >= 4 is 17.5 Å². The maximum atomic E-state index is 13.2. The lowest BCUT2D eigenvalue weighted by Gasteiger charge is -2.14. The fraction of sp³-hybridized carbons (Fsp3) is 0.333. The zero-order valence-electron chi connectivity index (χ0n) is 10.4. The molecule has 1 aliphatic heterocycles. The molecule has 6 nitrogen and oxygen atoms in total. The average molecular weight is 284 g/mol. The highest BCUT2D eigenvalue weighted by molar-refractivity contribution is 6.07. The molecule has 0 bridgehead atoms. The van der Waals surface area contributed by atoms with Crippen molar-refractivity contribution in [3.8, 4) is 0 Å². The number of benzene rings is 1. The Balaban J connectivity index is 2.46. The van der Waals surface area contributed by atoms with Crippen molar-refractivity contribution in [2.45, 2.75) is 13.3 Å². The quantitative estimate of drug-likeness (QED) is 0.472. The van der Waals surface area contributed by atoms with Crippen molar-refractivity contribution in [3.63, 3.8) is 0 Å². The van der Waals surface area contributed by atoms with Crippen molar-refractivity contribution in [3.05, 3.63) is 39.4 Å². The first kappa shape index (κ1) is 14.0. The van der Waals surface area contributed by atoms with Gasteiger partial charge in [0.2, 0.25) is 5.91 Å². The van der Waals surface area contributed by atoms with Gasteiger partial charge in [-0.05, 0) is 12.0 Å². The molecule has 1 fully saturated rings. The Hall–Kier alpha value is -2.38. The summed E-state index contributed by atoms with van der Waals surface area (Å²) in [5.41, 5.74) is -1.49. The molecular formula is C12H10F2N2O4. The van der Waals surface area contributed by atoms with E-state index in [4.69, 9.17) is 0 Å². The van der Waals surface area contributed by atoms with Crippen LogP contribution in [0, 0.1) is 27.7 Å². The Labute approximate surface area is 112 Å². The van der Waals surface area contributed by atoms with Crippen molar-refractivity contribution in [1.82, 2.24) is 4.90 Å². The molecule has 2 rings (SSSR count). The highest BCUT2D eigenvalue weighted by atomic mass is 19.2. The molecule has 1 aliphatic rings. The normalized spacial score (nSPS) is 18.4. The lowest BCUT2D eigenvalue weighted by Crippen LogP contribution is -2.32. The van der Waals surface area contributed by atoms with E-state index in [0.717, 1.165) is 4.90 Å². The molecule has 1 saturated heterocycles. The van der Waals surface area contributed by atoms with Gasteiger partial charge in [0, 0.05) is 13.0 Å². The minimum absolute atomic E-state index is 0.0733. The van der Waals surface area contributed by atoms with Gasteiger partial charge in [0.25, 0.3) is 11.6 Å². The number of hydrogen-bond acceptors (Lipinski definition) is 4. The highest BCUT2D eigenvalue weighted by Crippen LogP contribution is 2.26. The molecule has 8 heteroatoms. The van der Waals surface area contributed by atoms with Crippen molar-refractivity contribution in [1.29, 1.82) is 0 Å². The SMILES string of the molecule is CC1CC(=O)N(C(=O)c2cc(F)c(F)cc2[N+](=O)[O-])C1. The molecule has 1 atom stereocenters. The third-order valence-corrected chi connectivity index (χ3v) is 3.03. The van der Waals surface area contributed by atoms with Crippen LogP contribution in [-0.2, 0) is 4.79 Å². The van der Waals surface area contributed by atoms with Crippen LogP contribution in [0.1, 0.15) is 23.7 Å². The van der Waals surface area contributed by atoms with Crippen molar-refractivity contribution in [2.75, 3.05) is 6.54 Å². The Kier molecular flexibility index (Phi) is 3.47. The van der Waals surface area contributed by atoms with Crippen LogP contribution in [0.2, 0.25) is 0 Å². The predicted octanol–water partition coefficient (Wildman–Crippen LogP) is 1.88. The second-order valence-electron chi connectivity index (χ2n) is 4.66. The van der Waals surface area contributed by atoms with E-state index in [0.29, 0.717) is 12.1 Å². The van der Waals surface area contributed by atoms with Gasteiger partial charge in [0.15, 0.2) is 11.6 Å². The Bertz CT molecular complexity index is 618. The summed E-state index contributed by atoms with van der Waals surface area (Å²) in [6, 6.07) is 0.790. The molecule has 0 aromatic heterocycles. The number of hydrogen-bond donors (Lipinski definition) is 0. The van der Waals surface area contributed by atoms with E-state index in [2.05, 4.69) is 0 Å². The number of carbonyl (C=O) groups excluding carboxylic acids is 2. The van der Waals surface area contributed by atoms with E-state index in [1.165, 1.54) is 0 Å². The van der Waals surface area contributed by atoms with Gasteiger partial charge in [-0.3, -0.25) is 24.6 Å². The standard InChI is InChI=1S/C12H10F2N2O4/c1-6-2-11(17)15(5-6)12(18)7-3-8(13)9(14)4-10(7)16(19)20/h3-4,6H,2,5H2,1H3. The average Bonchev–Trinajstić information content (AvgIpc) is 2.70. The smallest absolute Gasteiger partial charge is 0.278 e. The van der Waals surface area contributed by atoms with Crippen LogP contribution in [-0.4, -0.2) is 28.2 Å². The lowest BCUT2D eigenvalue weighted by atomic mass is 10.1. The van der Waals surface area contributed by atoms with E-state index < -0.39 is 39.6 Å². The van der Waals surface area contributed by atoms with Crippen LogP contribution >= 0.6 is 0 Å². The molecule has 1 heterocycles. The molecule has 0 saturated carbocycles. The van der Waals surface area contributed by atoms with Gasteiger partial charge in [-0.25, -0.2) is 8.78 Å². The molecule has 106 valence electrons. The molecule has 1 aromatic rings. The van der Waals surface area contributed by atoms with Gasteiger partial charge in [-0.2, -0.15) is 0 Å². The Morgan fingerprint density at radius 3 is 2.50 bits per heavy atom. The van der Waals surface area contributed by atoms with E-state index in [1.807, 2.05) is 0 Å². The Morgan fingerprint density at radius 1 is 1.40 bits per heavy atom. The molecule has 0 N–H and O–H groups in total. The summed E-state index contributed by atoms with van der Waals surface area (Å²) in [7, 11) is 0. The van der Waals surface area contributed by atoms with Gasteiger partial charge in [0.05, 0.1) is 11.0 Å². The Morgan fingerprint density at radius 2 is 2.00 bits per heavy atom. The first-order chi connectivity index (χ1) is 9.31. The van der Waals surface area contributed by atoms with Crippen LogP contribution in [0.25, 0.3) is 0 Å². The number of carbonyl (C=O) groups is 2. The molecule has 0 aliphatic carbocycles. The van der Waals surface area contributed by atoms with Gasteiger partial charge in [-0.1, -0.05) is 6.92 Å². The second kappa shape index (κ2) is 4.95. The fourth-order valence-electron chi connectivity index (χ4n) is 2.09. The number of amides is 2. The fourth-order valence-corrected chi connectivity index (χ4v) is 2.09. The largest absolute Gasteiger partial charge is 0.285 e. The summed E-state index contributed by atoms with van der Waals surface area (Å²) < 4.78 is 26.2. The molecule has 20 heavy (non-hydrogen) atoms. The third kappa shape index (κ3) is 2.36. The number of nitrogens with zero attached hydrogens (tertiary/aromatic N) is 2. The summed E-state index contributed by atoms with van der Waals surface area (Å²) in [4.78, 5) is 34.4. The van der Waals surface area contributed by atoms with Gasteiger partial charge >= 0.3 is 0 Å². The summed E-state index contributed by atoms with van der Waals surface area (Å²) in [6.45, 7) is 1.85. The molecule has 0 spiro atoms. The number of halogens is 2. The van der Waals surface area contributed by atoms with E-state index in [9.17, 15) is 28.5 Å². The van der Waals surface area contributed by atoms with Gasteiger partial charge < -0.3 is 0 Å². The maximum absolute atomic E-state index is 13.2. The second-order valence-corrected chi connectivity index (χ2v) is 4.66. The summed E-state index contributed by atoms with van der Waals surface area (Å²) >= 11 is 0. The molecule has 2 amide bonds. The molecule has 1 unspecified atom stereocenters. The highest BCUT2D eigenvalue weighted by Gasteiger charge is 2.35. The van der Waals surface area contributed by atoms with E-state index in [-0.39, 0.29) is 18.9 Å². The zero-order valence-corrected chi connectivity index (χ0v) is 10.4. The molecule has 1 aromatic carbocycles. The summed E-state index contributed by atoms with van der Waals surface area (Å²) in [5.74, 6) is -4.34. The first-order valence-corrected chi connectivity index (χ1v) is 5.79. The minimum atomic E-state index is -1.42. The van der Waals surface area contributed by atoms with Crippen molar-refractivity contribution in [2.24, 2.45) is 5.92 Å². The van der Waals surface area contributed by atoms with Gasteiger partial charge in [0.1, 0.15) is 5.56 Å². The van der Waals surface area contributed by atoms with Crippen LogP contribution in [0.3, 0.4) is 0 Å². The lowest BCUT2D eigenvalue weighted by molar-refractivity contribution is -0.385. The topological polar surface area (TPSA) is 80.5 Å². The number of nitro groups is 1. The third-order valence-electron chi connectivity index (χ3n) is 3.03. The van der Waals surface area contributed by atoms with Crippen LogP contribution < -0.4 is 0 Å². The molecular weight excluding hydrogens is 274 g/mol. The number of imide groups is 1. The summed E-state index contributed by atoms with van der Waals surface area (Å²) in [5, 5.41) is 10.8. The van der Waals surface area contributed by atoms with Gasteiger partial charge in [-0.15, -0.1) is 0 Å². The number of rotatable bonds is 2. The number of nitro benzene ring substituents is 1. The predicted molar refractivity (Wildman–Crippen MR) is 62.8 cm³/mol. The zero-order chi connectivity index (χ0) is 15.0. The number of likely N-dealkylation sites (tertiary alicyclic amines) is 1. The maximum Gasteiger partial charge on any atom is 0.285 e. The monoisotopic (exact) mass is 284 g/mol. The summed E-state index contributed by atoms with van der Waals surface area (Å²) in [6.07, 6.45) is 0.142. The minimum Gasteiger partial charge on any atom is -0.278 e. The van der Waals surface area contributed by atoms with Crippen LogP contribution in [0.5, 0.6) is 0 Å². The first-order valence-electron chi connectivity index (χ1n) is 5.79. The van der Waals surface area contributed by atoms with Crippen molar-refractivity contribution < 1.29 is 23.3 Å². The molecule has 0 radical (unpaired) electrons. The van der Waals surface area contributed by atoms with Crippen LogP contribution in [0.15, 0.2) is 12.1 Å².